The fourth-order valence-corrected chi connectivity index (χ4v) is 2.88. The van der Waals surface area contributed by atoms with Gasteiger partial charge in [0.15, 0.2) is 6.54 Å². The van der Waals surface area contributed by atoms with Gasteiger partial charge in [0.2, 0.25) is 0 Å². The highest BCUT2D eigenvalue weighted by molar-refractivity contribution is 5.95. The Labute approximate surface area is 132 Å². The minimum absolute atomic E-state index is 0.0374. The number of carbonyl (C=O) groups is 2. The molecule has 1 aliphatic heterocycles. The molecule has 1 aromatic carbocycles. The molecular weight excluding hydrogens is 278 g/mol. The zero-order chi connectivity index (χ0) is 16.1. The highest BCUT2D eigenvalue weighted by atomic mass is 16.2. The number of quaternary nitrogens is 1. The van der Waals surface area contributed by atoms with E-state index in [0.29, 0.717) is 18.2 Å². The Kier molecular flexibility index (Phi) is 5.55. The van der Waals surface area contributed by atoms with E-state index < -0.39 is 0 Å². The molecule has 1 unspecified atom stereocenters. The molecule has 0 bridgehead atoms. The van der Waals surface area contributed by atoms with Gasteiger partial charge in [-0.3, -0.25) is 9.59 Å². The Morgan fingerprint density at radius 3 is 2.50 bits per heavy atom. The molecule has 0 aliphatic carbocycles. The highest BCUT2D eigenvalue weighted by Crippen LogP contribution is 2.10. The zero-order valence-electron chi connectivity index (χ0n) is 13.7. The Morgan fingerprint density at radius 2 is 1.91 bits per heavy atom. The summed E-state index contributed by atoms with van der Waals surface area (Å²) >= 11 is 0. The third-order valence-electron chi connectivity index (χ3n) is 4.29. The summed E-state index contributed by atoms with van der Waals surface area (Å²) in [6.07, 6.45) is 3.67. The molecule has 2 amide bonds. The molecule has 1 heterocycles. The molecule has 0 radical (unpaired) electrons. The second-order valence-electron chi connectivity index (χ2n) is 6.31. The van der Waals surface area contributed by atoms with E-state index in [9.17, 15) is 9.59 Å². The van der Waals surface area contributed by atoms with Gasteiger partial charge in [-0.1, -0.05) is 0 Å². The highest BCUT2D eigenvalue weighted by Gasteiger charge is 2.24. The van der Waals surface area contributed by atoms with Crippen molar-refractivity contribution in [2.75, 3.05) is 32.5 Å². The minimum Gasteiger partial charge on any atom is -0.345 e. The summed E-state index contributed by atoms with van der Waals surface area (Å²) < 4.78 is 0. The third-order valence-corrected chi connectivity index (χ3v) is 4.29. The average Bonchev–Trinajstić information content (AvgIpc) is 2.49. The molecule has 2 rings (SSSR count). The number of rotatable bonds is 4. The molecule has 120 valence electrons. The van der Waals surface area contributed by atoms with E-state index in [4.69, 9.17) is 0 Å². The Morgan fingerprint density at radius 1 is 1.23 bits per heavy atom. The summed E-state index contributed by atoms with van der Waals surface area (Å²) in [7, 11) is 3.45. The lowest BCUT2D eigenvalue weighted by molar-refractivity contribution is -0.920. The smallest absolute Gasteiger partial charge is 0.279 e. The monoisotopic (exact) mass is 304 g/mol. The van der Waals surface area contributed by atoms with Crippen LogP contribution in [0.2, 0.25) is 0 Å². The predicted octanol–water partition coefficient (Wildman–Crippen LogP) is 0.784. The van der Waals surface area contributed by atoms with E-state index in [-0.39, 0.29) is 11.8 Å². The molecule has 5 nitrogen and oxygen atoms in total. The molecule has 0 saturated carbocycles. The lowest BCUT2D eigenvalue weighted by Crippen LogP contribution is -3.17. The average molecular weight is 304 g/mol. The van der Waals surface area contributed by atoms with Crippen molar-refractivity contribution in [3.63, 3.8) is 0 Å². The Hall–Kier alpha value is -1.88. The number of hydrogen-bond acceptors (Lipinski definition) is 2. The molecule has 0 spiro atoms. The number of carbonyl (C=O) groups excluding carboxylic acids is 2. The Bertz CT molecular complexity index is 525. The molecular formula is C17H26N3O2+. The van der Waals surface area contributed by atoms with Crippen molar-refractivity contribution in [2.24, 2.45) is 0 Å². The molecule has 2 atom stereocenters. The molecule has 22 heavy (non-hydrogen) atoms. The fraction of sp³-hybridized carbons (Fsp3) is 0.529. The van der Waals surface area contributed by atoms with Crippen molar-refractivity contribution < 1.29 is 14.5 Å². The number of benzene rings is 1. The van der Waals surface area contributed by atoms with Crippen molar-refractivity contribution in [3.8, 4) is 0 Å². The topological polar surface area (TPSA) is 53.9 Å². The minimum atomic E-state index is -0.0375. The normalized spacial score (nSPS) is 21.2. The van der Waals surface area contributed by atoms with Crippen LogP contribution in [0.4, 0.5) is 5.69 Å². The van der Waals surface area contributed by atoms with Gasteiger partial charge in [0, 0.05) is 25.3 Å². The summed E-state index contributed by atoms with van der Waals surface area (Å²) in [5.41, 5.74) is 1.36. The van der Waals surface area contributed by atoms with Crippen molar-refractivity contribution in [3.05, 3.63) is 29.8 Å². The molecule has 1 aliphatic rings. The standard InChI is InChI=1S/C17H25N3O2/c1-13-6-4-5-11-20(13)12-16(21)18-15-9-7-14(8-10-15)17(22)19(2)3/h7-10,13H,4-6,11-12H2,1-3H3,(H,18,21)/p+1/t13-/m0/s1. The first-order valence-corrected chi connectivity index (χ1v) is 7.93. The number of likely N-dealkylation sites (tertiary alicyclic amines) is 1. The van der Waals surface area contributed by atoms with Crippen LogP contribution in [0, 0.1) is 0 Å². The van der Waals surface area contributed by atoms with E-state index in [0.717, 1.165) is 12.2 Å². The van der Waals surface area contributed by atoms with Crippen LogP contribution in [0.3, 0.4) is 0 Å². The van der Waals surface area contributed by atoms with Gasteiger partial charge in [-0.2, -0.15) is 0 Å². The number of hydrogen-bond donors (Lipinski definition) is 2. The van der Waals surface area contributed by atoms with E-state index in [1.807, 2.05) is 0 Å². The van der Waals surface area contributed by atoms with Gasteiger partial charge < -0.3 is 15.1 Å². The molecule has 1 aromatic rings. The van der Waals surface area contributed by atoms with Crippen LogP contribution in [0.15, 0.2) is 24.3 Å². The SMILES string of the molecule is C[C@H]1CCCC[NH+]1CC(=O)Nc1ccc(C(=O)N(C)C)cc1. The zero-order valence-corrected chi connectivity index (χ0v) is 13.7. The fourth-order valence-electron chi connectivity index (χ4n) is 2.88. The molecule has 5 heteroatoms. The number of amides is 2. The van der Waals surface area contributed by atoms with E-state index in [2.05, 4.69) is 12.2 Å². The van der Waals surface area contributed by atoms with Crippen LogP contribution in [-0.4, -0.2) is 49.9 Å². The second-order valence-corrected chi connectivity index (χ2v) is 6.31. The van der Waals surface area contributed by atoms with Gasteiger partial charge in [0.1, 0.15) is 0 Å². The summed E-state index contributed by atoms with van der Waals surface area (Å²) in [6.45, 7) is 3.80. The van der Waals surface area contributed by atoms with Crippen molar-refractivity contribution >= 4 is 17.5 Å². The summed E-state index contributed by atoms with van der Waals surface area (Å²) in [6, 6.07) is 7.61. The van der Waals surface area contributed by atoms with Gasteiger partial charge in [-0.25, -0.2) is 0 Å². The van der Waals surface area contributed by atoms with Gasteiger partial charge >= 0.3 is 0 Å². The molecule has 2 N–H and O–H groups in total. The third kappa shape index (κ3) is 4.31. The van der Waals surface area contributed by atoms with Gasteiger partial charge in [-0.05, 0) is 50.5 Å². The summed E-state index contributed by atoms with van der Waals surface area (Å²) in [5.74, 6) is -0.0000939. The maximum Gasteiger partial charge on any atom is 0.279 e. The summed E-state index contributed by atoms with van der Waals surface area (Å²) in [5, 5.41) is 2.92. The van der Waals surface area contributed by atoms with Crippen LogP contribution in [0.5, 0.6) is 0 Å². The number of nitrogens with zero attached hydrogens (tertiary/aromatic N) is 1. The first kappa shape index (κ1) is 16.5. The number of anilines is 1. The van der Waals surface area contributed by atoms with Gasteiger partial charge in [0.25, 0.3) is 11.8 Å². The van der Waals surface area contributed by atoms with Gasteiger partial charge in [0.05, 0.1) is 12.6 Å². The van der Waals surface area contributed by atoms with Gasteiger partial charge in [-0.15, -0.1) is 0 Å². The van der Waals surface area contributed by atoms with Crippen LogP contribution >= 0.6 is 0 Å². The van der Waals surface area contributed by atoms with Crippen molar-refractivity contribution in [1.82, 2.24) is 4.90 Å². The van der Waals surface area contributed by atoms with E-state index >= 15 is 0 Å². The van der Waals surface area contributed by atoms with Crippen LogP contribution in [0.25, 0.3) is 0 Å². The molecule has 1 saturated heterocycles. The van der Waals surface area contributed by atoms with Crippen molar-refractivity contribution in [1.29, 1.82) is 0 Å². The molecule has 0 aromatic heterocycles. The van der Waals surface area contributed by atoms with Crippen LogP contribution in [0.1, 0.15) is 36.5 Å². The lowest BCUT2D eigenvalue weighted by atomic mass is 10.0. The van der Waals surface area contributed by atoms with Crippen molar-refractivity contribution in [2.45, 2.75) is 32.2 Å². The predicted molar refractivity (Wildman–Crippen MR) is 87.1 cm³/mol. The van der Waals surface area contributed by atoms with E-state index in [1.54, 1.807) is 38.4 Å². The maximum atomic E-state index is 12.1. The molecule has 1 fully saturated rings. The maximum absolute atomic E-state index is 12.1. The summed E-state index contributed by atoms with van der Waals surface area (Å²) in [4.78, 5) is 26.9. The second kappa shape index (κ2) is 7.40. The van der Waals surface area contributed by atoms with Crippen LogP contribution in [-0.2, 0) is 4.79 Å². The largest absolute Gasteiger partial charge is 0.345 e. The number of nitrogens with one attached hydrogen (secondary N) is 2. The number of piperidine rings is 1. The first-order valence-electron chi connectivity index (χ1n) is 7.93. The quantitative estimate of drug-likeness (QED) is 0.864. The van der Waals surface area contributed by atoms with Crippen LogP contribution < -0.4 is 10.2 Å². The Balaban J connectivity index is 1.90. The van der Waals surface area contributed by atoms with E-state index in [1.165, 1.54) is 29.1 Å². The lowest BCUT2D eigenvalue weighted by Gasteiger charge is -2.29. The first-order chi connectivity index (χ1) is 10.5.